The molecule has 0 spiro atoms. The summed E-state index contributed by atoms with van der Waals surface area (Å²) in [5, 5.41) is 8.58. The Balaban J connectivity index is 1.77. The number of hydrogen-bond donors (Lipinski definition) is 0. The van der Waals surface area contributed by atoms with E-state index in [9.17, 15) is 4.79 Å². The van der Waals surface area contributed by atoms with E-state index in [1.807, 2.05) is 6.92 Å². The fourth-order valence-corrected chi connectivity index (χ4v) is 2.79. The SMILES string of the molecule is Cc1cnc(CN(C)[C@@H]2CCN(CC(=O)N(C)CCC#N)C2)o1. The summed E-state index contributed by atoms with van der Waals surface area (Å²) in [6, 6.07) is 2.47. The topological polar surface area (TPSA) is 76.6 Å². The Morgan fingerprint density at radius 2 is 2.35 bits per heavy atom. The predicted molar refractivity (Wildman–Crippen MR) is 85.4 cm³/mol. The van der Waals surface area contributed by atoms with E-state index in [0.717, 1.165) is 31.2 Å². The number of carbonyl (C=O) groups excluding carboxylic acids is 1. The minimum Gasteiger partial charge on any atom is -0.445 e. The van der Waals surface area contributed by atoms with Crippen molar-refractivity contribution in [2.45, 2.75) is 32.4 Å². The Morgan fingerprint density at radius 1 is 1.57 bits per heavy atom. The molecular formula is C16H25N5O2. The first-order valence-electron chi connectivity index (χ1n) is 7.94. The van der Waals surface area contributed by atoms with E-state index in [1.165, 1.54) is 0 Å². The zero-order valence-corrected chi connectivity index (χ0v) is 14.2. The minimum absolute atomic E-state index is 0.0758. The Morgan fingerprint density at radius 3 is 3.00 bits per heavy atom. The summed E-state index contributed by atoms with van der Waals surface area (Å²) in [7, 11) is 3.82. The number of aryl methyl sites for hydroxylation is 1. The van der Waals surface area contributed by atoms with Crippen LogP contribution in [0.15, 0.2) is 10.6 Å². The first-order valence-corrected chi connectivity index (χ1v) is 7.94. The van der Waals surface area contributed by atoms with E-state index in [2.05, 4.69) is 27.9 Å². The highest BCUT2D eigenvalue weighted by molar-refractivity contribution is 5.78. The molecular weight excluding hydrogens is 294 g/mol. The number of rotatable bonds is 7. The standard InChI is InChI=1S/C16H25N5O2/c1-13-9-18-15(23-13)11-20(3)14-5-8-21(10-14)12-16(22)19(2)7-4-6-17/h9,14H,4-5,7-8,10-12H2,1-3H3/t14-/m1/s1. The van der Waals surface area contributed by atoms with Gasteiger partial charge in [0.05, 0.1) is 31.8 Å². The van der Waals surface area contributed by atoms with Crippen molar-refractivity contribution in [3.63, 3.8) is 0 Å². The molecule has 126 valence electrons. The van der Waals surface area contributed by atoms with Gasteiger partial charge in [-0.05, 0) is 20.4 Å². The molecule has 0 radical (unpaired) electrons. The zero-order valence-electron chi connectivity index (χ0n) is 14.2. The molecule has 1 saturated heterocycles. The van der Waals surface area contributed by atoms with Crippen LogP contribution in [0.5, 0.6) is 0 Å². The molecule has 1 aromatic rings. The summed E-state index contributed by atoms with van der Waals surface area (Å²) in [5.41, 5.74) is 0. The van der Waals surface area contributed by atoms with Gasteiger partial charge in [-0.3, -0.25) is 14.6 Å². The van der Waals surface area contributed by atoms with Gasteiger partial charge in [-0.1, -0.05) is 0 Å². The fraction of sp³-hybridized carbons (Fsp3) is 0.688. The predicted octanol–water partition coefficient (Wildman–Crippen LogP) is 0.861. The molecule has 1 amide bonds. The van der Waals surface area contributed by atoms with Crippen LogP contribution >= 0.6 is 0 Å². The van der Waals surface area contributed by atoms with Crippen LogP contribution in [-0.4, -0.2) is 71.9 Å². The van der Waals surface area contributed by atoms with Gasteiger partial charge < -0.3 is 9.32 Å². The molecule has 1 aliphatic rings. The second kappa shape index (κ2) is 8.09. The van der Waals surface area contributed by atoms with Crippen molar-refractivity contribution in [1.29, 1.82) is 5.26 Å². The molecule has 7 nitrogen and oxygen atoms in total. The average molecular weight is 319 g/mol. The maximum Gasteiger partial charge on any atom is 0.236 e. The number of oxazole rings is 1. The van der Waals surface area contributed by atoms with E-state index in [1.54, 1.807) is 18.1 Å². The number of aromatic nitrogens is 1. The fourth-order valence-electron chi connectivity index (χ4n) is 2.79. The van der Waals surface area contributed by atoms with Gasteiger partial charge in [0.1, 0.15) is 5.76 Å². The van der Waals surface area contributed by atoms with Crippen molar-refractivity contribution in [1.82, 2.24) is 19.7 Å². The van der Waals surface area contributed by atoms with Crippen LogP contribution in [0.4, 0.5) is 0 Å². The Hall–Kier alpha value is -1.91. The zero-order chi connectivity index (χ0) is 16.8. The third-order valence-electron chi connectivity index (χ3n) is 4.27. The summed E-state index contributed by atoms with van der Waals surface area (Å²) in [6.07, 6.45) is 3.15. The quantitative estimate of drug-likeness (QED) is 0.742. The van der Waals surface area contributed by atoms with Crippen LogP contribution in [0.25, 0.3) is 0 Å². The summed E-state index contributed by atoms with van der Waals surface area (Å²) >= 11 is 0. The van der Waals surface area contributed by atoms with Crippen molar-refractivity contribution in [3.05, 3.63) is 17.8 Å². The lowest BCUT2D eigenvalue weighted by Gasteiger charge is -2.24. The van der Waals surface area contributed by atoms with Gasteiger partial charge in [0, 0.05) is 32.7 Å². The van der Waals surface area contributed by atoms with Crippen molar-refractivity contribution >= 4 is 5.91 Å². The minimum atomic E-state index is 0.0758. The molecule has 1 aliphatic heterocycles. The van der Waals surface area contributed by atoms with Crippen LogP contribution in [0, 0.1) is 18.3 Å². The molecule has 0 unspecified atom stereocenters. The van der Waals surface area contributed by atoms with Gasteiger partial charge in [-0.2, -0.15) is 5.26 Å². The molecule has 0 bridgehead atoms. The Labute approximate surface area is 137 Å². The summed E-state index contributed by atoms with van der Waals surface area (Å²) in [6.45, 7) is 5.27. The normalized spacial score (nSPS) is 18.3. The van der Waals surface area contributed by atoms with Gasteiger partial charge in [-0.15, -0.1) is 0 Å². The molecule has 7 heteroatoms. The first-order chi connectivity index (χ1) is 11.0. The lowest BCUT2D eigenvalue weighted by atomic mass is 10.2. The summed E-state index contributed by atoms with van der Waals surface area (Å²) in [5.74, 6) is 1.63. The summed E-state index contributed by atoms with van der Waals surface area (Å²) in [4.78, 5) is 22.4. The molecule has 0 aliphatic carbocycles. The maximum atomic E-state index is 12.1. The van der Waals surface area contributed by atoms with E-state index >= 15 is 0 Å². The second-order valence-corrected chi connectivity index (χ2v) is 6.18. The monoisotopic (exact) mass is 319 g/mol. The van der Waals surface area contributed by atoms with Gasteiger partial charge >= 0.3 is 0 Å². The number of likely N-dealkylation sites (tertiary alicyclic amines) is 1. The largest absolute Gasteiger partial charge is 0.445 e. The molecule has 0 N–H and O–H groups in total. The molecule has 0 saturated carbocycles. The van der Waals surface area contributed by atoms with E-state index in [0.29, 0.717) is 32.1 Å². The first kappa shape index (κ1) is 17.4. The van der Waals surface area contributed by atoms with Crippen LogP contribution in [0.1, 0.15) is 24.5 Å². The Kier molecular flexibility index (Phi) is 6.13. The van der Waals surface area contributed by atoms with Gasteiger partial charge in [0.2, 0.25) is 11.8 Å². The van der Waals surface area contributed by atoms with Gasteiger partial charge in [0.15, 0.2) is 0 Å². The van der Waals surface area contributed by atoms with E-state index < -0.39 is 0 Å². The molecule has 23 heavy (non-hydrogen) atoms. The van der Waals surface area contributed by atoms with Crippen LogP contribution in [0.3, 0.4) is 0 Å². The van der Waals surface area contributed by atoms with Crippen molar-refractivity contribution in [2.24, 2.45) is 0 Å². The second-order valence-electron chi connectivity index (χ2n) is 6.18. The molecule has 1 fully saturated rings. The third kappa shape index (κ3) is 5.05. The highest BCUT2D eigenvalue weighted by Gasteiger charge is 2.28. The number of carbonyl (C=O) groups is 1. The number of amides is 1. The van der Waals surface area contributed by atoms with Crippen molar-refractivity contribution < 1.29 is 9.21 Å². The maximum absolute atomic E-state index is 12.1. The van der Waals surface area contributed by atoms with Crippen LogP contribution in [0.2, 0.25) is 0 Å². The smallest absolute Gasteiger partial charge is 0.236 e. The molecule has 0 aromatic carbocycles. The third-order valence-corrected chi connectivity index (χ3v) is 4.27. The Bertz CT molecular complexity index is 565. The number of hydrogen-bond acceptors (Lipinski definition) is 6. The molecule has 2 heterocycles. The van der Waals surface area contributed by atoms with Crippen LogP contribution in [-0.2, 0) is 11.3 Å². The van der Waals surface area contributed by atoms with Gasteiger partial charge in [-0.25, -0.2) is 4.98 Å². The van der Waals surface area contributed by atoms with Crippen LogP contribution < -0.4 is 0 Å². The van der Waals surface area contributed by atoms with Crippen molar-refractivity contribution in [2.75, 3.05) is 40.3 Å². The van der Waals surface area contributed by atoms with Crippen molar-refractivity contribution in [3.8, 4) is 6.07 Å². The lowest BCUT2D eigenvalue weighted by molar-refractivity contribution is -0.130. The molecule has 1 atom stereocenters. The highest BCUT2D eigenvalue weighted by Crippen LogP contribution is 2.16. The molecule has 1 aromatic heterocycles. The lowest BCUT2D eigenvalue weighted by Crippen LogP contribution is -2.40. The van der Waals surface area contributed by atoms with Gasteiger partial charge in [0.25, 0.3) is 0 Å². The molecule has 2 rings (SSSR count). The number of nitriles is 1. The van der Waals surface area contributed by atoms with E-state index in [-0.39, 0.29) is 5.91 Å². The average Bonchev–Trinajstić information content (AvgIpc) is 3.14. The highest BCUT2D eigenvalue weighted by atomic mass is 16.4. The number of likely N-dealkylation sites (N-methyl/N-ethyl adjacent to an activating group) is 2. The number of nitrogens with zero attached hydrogens (tertiary/aromatic N) is 5. The summed E-state index contributed by atoms with van der Waals surface area (Å²) < 4.78 is 5.52. The van der Waals surface area contributed by atoms with E-state index in [4.69, 9.17) is 9.68 Å².